The third-order valence-electron chi connectivity index (χ3n) is 4.48. The monoisotopic (exact) mass is 310 g/mol. The lowest BCUT2D eigenvalue weighted by molar-refractivity contribution is 0.570. The molecule has 2 N–H and O–H groups in total. The summed E-state index contributed by atoms with van der Waals surface area (Å²) in [5, 5.41) is 5.52. The lowest BCUT2D eigenvalue weighted by Crippen LogP contribution is -2.15. The van der Waals surface area contributed by atoms with Gasteiger partial charge in [-0.1, -0.05) is 33.8 Å². The number of anilines is 1. The lowest BCUT2D eigenvalue weighted by atomic mass is 9.90. The molecule has 2 heterocycles. The van der Waals surface area contributed by atoms with Crippen molar-refractivity contribution in [3.05, 3.63) is 35.0 Å². The number of hydrogen-bond donors (Lipinski definition) is 1. The van der Waals surface area contributed by atoms with E-state index in [4.69, 9.17) is 10.7 Å². The van der Waals surface area contributed by atoms with Gasteiger partial charge in [0, 0.05) is 11.1 Å². The van der Waals surface area contributed by atoms with Crippen LogP contribution in [-0.4, -0.2) is 14.8 Å². The molecule has 0 fully saturated rings. The van der Waals surface area contributed by atoms with Crippen molar-refractivity contribution in [2.24, 2.45) is 5.92 Å². The predicted molar refractivity (Wildman–Crippen MR) is 97.1 cm³/mol. The second kappa shape index (κ2) is 5.22. The number of nitrogens with two attached hydrogens (primary N) is 1. The zero-order valence-corrected chi connectivity index (χ0v) is 14.9. The zero-order chi connectivity index (χ0) is 16.9. The lowest BCUT2D eigenvalue weighted by Gasteiger charge is -2.22. The second-order valence-electron chi connectivity index (χ2n) is 7.77. The van der Waals surface area contributed by atoms with Gasteiger partial charge in [0.15, 0.2) is 11.5 Å². The molecule has 23 heavy (non-hydrogen) atoms. The average molecular weight is 310 g/mol. The van der Waals surface area contributed by atoms with E-state index in [-0.39, 0.29) is 5.41 Å². The molecule has 0 spiro atoms. The van der Waals surface area contributed by atoms with Crippen molar-refractivity contribution in [1.29, 1.82) is 0 Å². The van der Waals surface area contributed by atoms with E-state index in [1.54, 1.807) is 0 Å². The van der Waals surface area contributed by atoms with Gasteiger partial charge in [-0.15, -0.1) is 5.10 Å². The van der Waals surface area contributed by atoms with Crippen LogP contribution in [-0.2, 0) is 5.41 Å². The first kappa shape index (κ1) is 15.8. The van der Waals surface area contributed by atoms with Crippen LogP contribution in [0.3, 0.4) is 0 Å². The molecule has 1 atom stereocenters. The van der Waals surface area contributed by atoms with Crippen molar-refractivity contribution in [3.8, 4) is 0 Å². The molecule has 2 aromatic rings. The maximum absolute atomic E-state index is 6.15. The van der Waals surface area contributed by atoms with Crippen molar-refractivity contribution < 1.29 is 0 Å². The molecule has 0 amide bonds. The van der Waals surface area contributed by atoms with Crippen LogP contribution in [0.4, 0.5) is 5.82 Å². The Bertz CT molecular complexity index is 831. The molecule has 0 radical (unpaired) electrons. The average Bonchev–Trinajstić information content (AvgIpc) is 2.74. The van der Waals surface area contributed by atoms with Gasteiger partial charge in [0.05, 0.1) is 11.1 Å². The number of nitrogen functional groups attached to an aromatic ring is 1. The zero-order valence-electron chi connectivity index (χ0n) is 14.9. The molecule has 0 saturated heterocycles. The molecule has 1 aliphatic rings. The summed E-state index contributed by atoms with van der Waals surface area (Å²) >= 11 is 0. The van der Waals surface area contributed by atoms with E-state index < -0.39 is 0 Å². The Hall–Kier alpha value is -2.10. The molecule has 122 valence electrons. The van der Waals surface area contributed by atoms with Gasteiger partial charge in [0.25, 0.3) is 0 Å². The smallest absolute Gasteiger partial charge is 0.165 e. The molecule has 0 saturated carbocycles. The maximum atomic E-state index is 6.15. The summed E-state index contributed by atoms with van der Waals surface area (Å²) in [5.74, 6) is 1.11. The van der Waals surface area contributed by atoms with E-state index in [1.807, 2.05) is 10.7 Å². The molecule has 3 rings (SSSR count). The van der Waals surface area contributed by atoms with E-state index in [0.29, 0.717) is 11.7 Å². The molecule has 1 unspecified atom stereocenters. The SMILES string of the molecule is CC1=CC(C)CC(C)=C1n1nc(N)c2ccc(C(C)(C)C)nc21. The Kier molecular flexibility index (Phi) is 3.58. The fourth-order valence-corrected chi connectivity index (χ4v) is 3.42. The molecular weight excluding hydrogens is 284 g/mol. The Morgan fingerprint density at radius 2 is 1.91 bits per heavy atom. The van der Waals surface area contributed by atoms with Crippen LogP contribution in [0, 0.1) is 5.92 Å². The first-order valence-corrected chi connectivity index (χ1v) is 8.23. The van der Waals surface area contributed by atoms with E-state index in [1.165, 1.54) is 11.1 Å². The minimum Gasteiger partial charge on any atom is -0.382 e. The number of rotatable bonds is 1. The van der Waals surface area contributed by atoms with Gasteiger partial charge in [-0.25, -0.2) is 9.67 Å². The highest BCUT2D eigenvalue weighted by Gasteiger charge is 2.22. The Morgan fingerprint density at radius 1 is 1.22 bits per heavy atom. The summed E-state index contributed by atoms with van der Waals surface area (Å²) in [6, 6.07) is 4.10. The first-order valence-electron chi connectivity index (χ1n) is 8.23. The third kappa shape index (κ3) is 2.67. The van der Waals surface area contributed by atoms with Crippen molar-refractivity contribution in [2.45, 2.75) is 53.4 Å². The summed E-state index contributed by atoms with van der Waals surface area (Å²) in [4.78, 5) is 4.89. The minimum atomic E-state index is -0.00651. The third-order valence-corrected chi connectivity index (χ3v) is 4.48. The molecule has 0 aliphatic heterocycles. The summed E-state index contributed by atoms with van der Waals surface area (Å²) in [6.45, 7) is 13.1. The van der Waals surface area contributed by atoms with Crippen LogP contribution in [0.25, 0.3) is 16.7 Å². The Morgan fingerprint density at radius 3 is 2.52 bits per heavy atom. The van der Waals surface area contributed by atoms with Crippen LogP contribution in [0.15, 0.2) is 29.4 Å². The summed E-state index contributed by atoms with van der Waals surface area (Å²) in [7, 11) is 0. The van der Waals surface area contributed by atoms with Crippen LogP contribution < -0.4 is 5.73 Å². The fourth-order valence-electron chi connectivity index (χ4n) is 3.42. The van der Waals surface area contributed by atoms with Crippen LogP contribution in [0.5, 0.6) is 0 Å². The molecule has 4 nitrogen and oxygen atoms in total. The van der Waals surface area contributed by atoms with Crippen molar-refractivity contribution in [3.63, 3.8) is 0 Å². The minimum absolute atomic E-state index is 0.00651. The van der Waals surface area contributed by atoms with E-state index in [2.05, 4.69) is 58.8 Å². The van der Waals surface area contributed by atoms with E-state index in [0.717, 1.165) is 28.8 Å². The van der Waals surface area contributed by atoms with Gasteiger partial charge in [-0.2, -0.15) is 0 Å². The molecule has 0 bridgehead atoms. The maximum Gasteiger partial charge on any atom is 0.165 e. The molecule has 1 aliphatic carbocycles. The van der Waals surface area contributed by atoms with Crippen molar-refractivity contribution in [2.75, 3.05) is 5.73 Å². The largest absolute Gasteiger partial charge is 0.382 e. The fraction of sp³-hybridized carbons (Fsp3) is 0.474. The standard InChI is InChI=1S/C19H26N4/c1-11-9-12(2)16(13(3)10-11)23-18-14(17(20)22-23)7-8-15(21-18)19(4,5)6/h7-9,11H,10H2,1-6H3,(H2,20,22). The van der Waals surface area contributed by atoms with Gasteiger partial charge in [0.2, 0.25) is 0 Å². The quantitative estimate of drug-likeness (QED) is 0.842. The highest BCUT2D eigenvalue weighted by Crippen LogP contribution is 2.34. The van der Waals surface area contributed by atoms with Gasteiger partial charge in [0.1, 0.15) is 0 Å². The Labute approximate surface area is 138 Å². The number of nitrogens with zero attached hydrogens (tertiary/aromatic N) is 3. The van der Waals surface area contributed by atoms with Gasteiger partial charge >= 0.3 is 0 Å². The van der Waals surface area contributed by atoms with Gasteiger partial charge < -0.3 is 5.73 Å². The van der Waals surface area contributed by atoms with Crippen molar-refractivity contribution >= 4 is 22.5 Å². The van der Waals surface area contributed by atoms with Gasteiger partial charge in [-0.3, -0.25) is 0 Å². The Balaban J connectivity index is 2.26. The number of aromatic nitrogens is 3. The highest BCUT2D eigenvalue weighted by molar-refractivity contribution is 5.90. The van der Waals surface area contributed by atoms with E-state index in [9.17, 15) is 0 Å². The number of pyridine rings is 1. The summed E-state index contributed by atoms with van der Waals surface area (Å²) < 4.78 is 1.94. The molecular formula is C19H26N4. The van der Waals surface area contributed by atoms with Crippen LogP contribution in [0.2, 0.25) is 0 Å². The summed E-state index contributed by atoms with van der Waals surface area (Å²) in [6.07, 6.45) is 3.35. The summed E-state index contributed by atoms with van der Waals surface area (Å²) in [5.41, 5.74) is 11.8. The first-order chi connectivity index (χ1) is 10.7. The van der Waals surface area contributed by atoms with Crippen molar-refractivity contribution in [1.82, 2.24) is 14.8 Å². The predicted octanol–water partition coefficient (Wildman–Crippen LogP) is 4.53. The highest BCUT2D eigenvalue weighted by atomic mass is 15.3. The van der Waals surface area contributed by atoms with E-state index >= 15 is 0 Å². The normalized spacial score (nSPS) is 19.4. The number of fused-ring (bicyclic) bond motifs is 1. The molecule has 4 heteroatoms. The topological polar surface area (TPSA) is 56.7 Å². The second-order valence-corrected chi connectivity index (χ2v) is 7.77. The molecule has 2 aromatic heterocycles. The van der Waals surface area contributed by atoms with Gasteiger partial charge in [-0.05, 0) is 49.5 Å². The number of allylic oxidation sites excluding steroid dienone is 4. The molecule has 0 aromatic carbocycles. The van der Waals surface area contributed by atoms with Crippen LogP contribution in [0.1, 0.15) is 53.7 Å². The number of hydrogen-bond acceptors (Lipinski definition) is 3. The van der Waals surface area contributed by atoms with Crippen LogP contribution >= 0.6 is 0 Å².